The molecule has 0 nitrogen and oxygen atoms in total. The average molecular weight is 323 g/mol. The Kier molecular flexibility index (Phi) is 6.12. The summed E-state index contributed by atoms with van der Waals surface area (Å²) in [6, 6.07) is 0. The van der Waals surface area contributed by atoms with Crippen molar-refractivity contribution in [1.29, 1.82) is 0 Å². The summed E-state index contributed by atoms with van der Waals surface area (Å²) in [5, 5.41) is 0. The first-order valence-corrected chi connectivity index (χ1v) is 2.71. The van der Waals surface area contributed by atoms with Gasteiger partial charge in [-0.05, 0) is 22.6 Å². The molecule has 0 radical (unpaired) electrons. The predicted molar refractivity (Wildman–Crippen MR) is 29.3 cm³/mol. The van der Waals surface area contributed by atoms with Crippen molar-refractivity contribution in [2.24, 2.45) is 0 Å². The zero-order valence-corrected chi connectivity index (χ0v) is 9.60. The quantitative estimate of drug-likeness (QED) is 0.365. The van der Waals surface area contributed by atoms with Crippen molar-refractivity contribution in [1.82, 2.24) is 0 Å². The molecule has 56 valence electrons. The Labute approximate surface area is 79.8 Å². The topological polar surface area (TPSA) is 0 Å². The van der Waals surface area contributed by atoms with Crippen molar-refractivity contribution in [2.45, 2.75) is 6.18 Å². The molecule has 0 bridgehead atoms. The van der Waals surface area contributed by atoms with E-state index in [1.54, 1.807) is 0 Å². The second kappa shape index (κ2) is 4.59. The second-order valence-electron chi connectivity index (χ2n) is 1.07. The van der Waals surface area contributed by atoms with E-state index in [4.69, 9.17) is 0 Å². The Morgan fingerprint density at radius 2 is 1.40 bits per heavy atom. The molecule has 0 atom stereocenters. The molecule has 0 aromatic carbocycles. The predicted octanol–water partition coefficient (Wildman–Crippen LogP) is 3.09. The Morgan fingerprint density at radius 1 is 1.10 bits per heavy atom. The third-order valence-electron chi connectivity index (χ3n) is 0.415. The Morgan fingerprint density at radius 3 is 1.40 bits per heavy atom. The Balaban J connectivity index is 0. The molecule has 0 saturated carbocycles. The zero-order valence-electron chi connectivity index (χ0n) is 4.47. The van der Waals surface area contributed by atoms with Crippen molar-refractivity contribution in [3.05, 3.63) is 9.66 Å². The SMILES string of the molecule is F/C(I)=C(\F)C(F)(F)F.[Zn]. The molecule has 0 N–H and O–H groups in total. The summed E-state index contributed by atoms with van der Waals surface area (Å²) in [5.41, 5.74) is 0. The van der Waals surface area contributed by atoms with Crippen LogP contribution in [0, 0.1) is 0 Å². The zero-order chi connectivity index (χ0) is 7.65. The number of alkyl halides is 3. The number of halogens is 6. The van der Waals surface area contributed by atoms with Crippen molar-refractivity contribution in [3.63, 3.8) is 0 Å². The third kappa shape index (κ3) is 4.54. The fourth-order valence-electron chi connectivity index (χ4n) is 0.107. The minimum absolute atomic E-state index is 0. The van der Waals surface area contributed by atoms with Gasteiger partial charge >= 0.3 is 6.18 Å². The minimum Gasteiger partial charge on any atom is -0.198 e. The summed E-state index contributed by atoms with van der Waals surface area (Å²) in [5.74, 6) is -2.68. The minimum atomic E-state index is -5.19. The van der Waals surface area contributed by atoms with E-state index in [9.17, 15) is 22.0 Å². The van der Waals surface area contributed by atoms with E-state index in [1.807, 2.05) is 0 Å². The van der Waals surface area contributed by atoms with Gasteiger partial charge in [0.05, 0.1) is 0 Å². The second-order valence-corrected chi connectivity index (χ2v) is 2.02. The van der Waals surface area contributed by atoms with Crippen molar-refractivity contribution in [3.8, 4) is 0 Å². The Bertz CT molecular complexity index is 134. The van der Waals surface area contributed by atoms with Crippen LogP contribution in [0.3, 0.4) is 0 Å². The van der Waals surface area contributed by atoms with Gasteiger partial charge in [0, 0.05) is 19.5 Å². The molecule has 0 aliphatic carbocycles. The maximum absolute atomic E-state index is 11.4. The van der Waals surface area contributed by atoms with Gasteiger partial charge in [0.2, 0.25) is 9.66 Å². The van der Waals surface area contributed by atoms with Crippen molar-refractivity contribution in [2.75, 3.05) is 0 Å². The van der Waals surface area contributed by atoms with Gasteiger partial charge in [0.15, 0.2) is 0 Å². The molecule has 0 rings (SSSR count). The molecule has 0 aliphatic heterocycles. The van der Waals surface area contributed by atoms with E-state index in [1.165, 1.54) is 0 Å². The number of allylic oxidation sites excluding steroid dienone is 1. The summed E-state index contributed by atoms with van der Waals surface area (Å²) >= 11 is 0.612. The number of hydrogen-bond donors (Lipinski definition) is 0. The van der Waals surface area contributed by atoms with Crippen LogP contribution in [0.15, 0.2) is 9.66 Å². The van der Waals surface area contributed by atoms with E-state index in [0.29, 0.717) is 22.6 Å². The maximum atomic E-state index is 11.4. The first-order chi connectivity index (χ1) is 3.85. The van der Waals surface area contributed by atoms with Gasteiger partial charge in [-0.25, -0.2) is 0 Å². The van der Waals surface area contributed by atoms with Crippen LogP contribution in [0.2, 0.25) is 0 Å². The van der Waals surface area contributed by atoms with Crippen LogP contribution in [0.5, 0.6) is 0 Å². The molecule has 0 unspecified atom stereocenters. The van der Waals surface area contributed by atoms with Crippen LogP contribution in [-0.4, -0.2) is 6.18 Å². The van der Waals surface area contributed by atoms with E-state index >= 15 is 0 Å². The summed E-state index contributed by atoms with van der Waals surface area (Å²) in [7, 11) is 0. The van der Waals surface area contributed by atoms with E-state index in [2.05, 4.69) is 0 Å². The number of hydrogen-bond acceptors (Lipinski definition) is 0. The van der Waals surface area contributed by atoms with Crippen LogP contribution in [0.25, 0.3) is 0 Å². The summed E-state index contributed by atoms with van der Waals surface area (Å²) < 4.78 is 54.0. The number of rotatable bonds is 0. The molecule has 7 heteroatoms. The Hall–Kier alpha value is 0.743. The first-order valence-electron chi connectivity index (χ1n) is 1.63. The van der Waals surface area contributed by atoms with Gasteiger partial charge in [-0.1, -0.05) is 0 Å². The monoisotopic (exact) mass is 322 g/mol. The molecule has 0 aromatic heterocycles. The van der Waals surface area contributed by atoms with Gasteiger partial charge in [-0.2, -0.15) is 22.0 Å². The van der Waals surface area contributed by atoms with Gasteiger partial charge in [0.25, 0.3) is 0 Å². The largest absolute Gasteiger partial charge is 0.446 e. The van der Waals surface area contributed by atoms with Gasteiger partial charge < -0.3 is 0 Å². The van der Waals surface area contributed by atoms with E-state index in [-0.39, 0.29) is 19.5 Å². The van der Waals surface area contributed by atoms with Gasteiger partial charge in [-0.3, -0.25) is 0 Å². The summed E-state index contributed by atoms with van der Waals surface area (Å²) in [6.45, 7) is 0. The molecular weight excluding hydrogens is 323 g/mol. The van der Waals surface area contributed by atoms with Gasteiger partial charge in [0.1, 0.15) is 0 Å². The summed E-state index contributed by atoms with van der Waals surface area (Å²) in [4.78, 5) is 0. The molecule has 0 aromatic rings. The van der Waals surface area contributed by atoms with E-state index in [0.717, 1.165) is 0 Å². The molecule has 0 spiro atoms. The normalized spacial score (nSPS) is 13.8. The van der Waals surface area contributed by atoms with E-state index < -0.39 is 15.8 Å². The van der Waals surface area contributed by atoms with Crippen molar-refractivity contribution < 1.29 is 41.4 Å². The molecule has 0 saturated heterocycles. The first kappa shape index (κ1) is 13.3. The fourth-order valence-corrected chi connectivity index (χ4v) is 0.413. The standard InChI is InChI=1S/C3F5I.Zn/c4-1(2(5)9)3(6,7)8;/b2-1+;. The van der Waals surface area contributed by atoms with Crippen LogP contribution in [0.4, 0.5) is 22.0 Å². The average Bonchev–Trinajstić information content (AvgIpc) is 1.62. The molecule has 0 heterocycles. The molecule has 0 fully saturated rings. The van der Waals surface area contributed by atoms with Crippen LogP contribution in [-0.2, 0) is 19.5 Å². The summed E-state index contributed by atoms with van der Waals surface area (Å²) in [6.07, 6.45) is -5.19. The molecule has 0 amide bonds. The smallest absolute Gasteiger partial charge is 0.198 e. The van der Waals surface area contributed by atoms with Crippen LogP contribution >= 0.6 is 22.6 Å². The van der Waals surface area contributed by atoms with Gasteiger partial charge in [-0.15, -0.1) is 0 Å². The molecular formula is C3F5IZn. The maximum Gasteiger partial charge on any atom is 0.446 e. The van der Waals surface area contributed by atoms with Crippen molar-refractivity contribution >= 4 is 22.6 Å². The van der Waals surface area contributed by atoms with Crippen LogP contribution < -0.4 is 0 Å². The molecule has 10 heavy (non-hydrogen) atoms. The molecule has 0 aliphatic rings. The third-order valence-corrected chi connectivity index (χ3v) is 0.888. The fraction of sp³-hybridized carbons (Fsp3) is 0.333. The van der Waals surface area contributed by atoms with Crippen LogP contribution in [0.1, 0.15) is 0 Å².